The van der Waals surface area contributed by atoms with Crippen LogP contribution in [0.2, 0.25) is 0 Å². The Hall–Kier alpha value is -3.78. The van der Waals surface area contributed by atoms with E-state index in [0.29, 0.717) is 17.2 Å². The second-order valence-electron chi connectivity index (χ2n) is 7.28. The zero-order valence-corrected chi connectivity index (χ0v) is 18.5. The minimum absolute atomic E-state index is 0.190. The fourth-order valence-corrected chi connectivity index (χ4v) is 4.08. The first-order valence-corrected chi connectivity index (χ1v) is 10.9. The van der Waals surface area contributed by atoms with E-state index in [2.05, 4.69) is 20.3 Å². The van der Waals surface area contributed by atoms with Crippen LogP contribution in [0.1, 0.15) is 29.2 Å². The second-order valence-corrected chi connectivity index (χ2v) is 8.35. The first kappa shape index (κ1) is 21.5. The van der Waals surface area contributed by atoms with Crippen molar-refractivity contribution in [3.8, 4) is 16.3 Å². The average Bonchev–Trinajstić information content (AvgIpc) is 3.25. The molecule has 0 aliphatic carbocycles. The first-order chi connectivity index (χ1) is 15.5. The summed E-state index contributed by atoms with van der Waals surface area (Å²) in [5.74, 6) is 1.22. The molecule has 0 radical (unpaired) electrons. The van der Waals surface area contributed by atoms with E-state index in [1.54, 1.807) is 36.7 Å². The van der Waals surface area contributed by atoms with Gasteiger partial charge in [0.25, 0.3) is 0 Å². The summed E-state index contributed by atoms with van der Waals surface area (Å²) in [7, 11) is 0. The molecule has 2 N–H and O–H groups in total. The van der Waals surface area contributed by atoms with E-state index in [1.807, 2.05) is 37.3 Å². The summed E-state index contributed by atoms with van der Waals surface area (Å²) < 4.78 is 5.54. The number of thiazole rings is 1. The lowest BCUT2D eigenvalue weighted by molar-refractivity contribution is -0.146. The maximum absolute atomic E-state index is 11.7. The van der Waals surface area contributed by atoms with Crippen molar-refractivity contribution < 1.29 is 14.6 Å². The number of hydrogen-bond donors (Lipinski definition) is 2. The molecule has 4 rings (SSSR count). The second kappa shape index (κ2) is 9.57. The van der Waals surface area contributed by atoms with Crippen LogP contribution in [-0.4, -0.2) is 26.0 Å². The number of anilines is 2. The number of esters is 1. The van der Waals surface area contributed by atoms with Crippen molar-refractivity contribution in [3.63, 3.8) is 0 Å². The molecule has 0 fully saturated rings. The Morgan fingerprint density at radius 1 is 1.12 bits per heavy atom. The third-order valence-electron chi connectivity index (χ3n) is 4.64. The van der Waals surface area contributed by atoms with Crippen LogP contribution < -0.4 is 5.32 Å². The first-order valence-electron chi connectivity index (χ1n) is 10.0. The van der Waals surface area contributed by atoms with Crippen LogP contribution in [-0.2, 0) is 16.0 Å². The maximum Gasteiger partial charge on any atom is 0.303 e. The standard InChI is InChI=1S/C24H22N4O3S/c1-15-10-11-25-23(12-15)28-22-5-3-4-19(27-22)21-14-26-24(32-21)20(31-16(2)29)13-17-6-8-18(30)9-7-17/h3-12,14,20,30H,13H2,1-2H3,(H,25,27,28). The Balaban J connectivity index is 1.55. The molecule has 1 unspecified atom stereocenters. The van der Waals surface area contributed by atoms with Crippen LogP contribution in [0.25, 0.3) is 10.6 Å². The van der Waals surface area contributed by atoms with Crippen molar-refractivity contribution in [3.05, 3.63) is 83.1 Å². The fourth-order valence-electron chi connectivity index (χ4n) is 3.16. The van der Waals surface area contributed by atoms with E-state index in [0.717, 1.165) is 27.5 Å². The van der Waals surface area contributed by atoms with Crippen molar-refractivity contribution >= 4 is 28.9 Å². The van der Waals surface area contributed by atoms with E-state index < -0.39 is 6.10 Å². The predicted octanol–water partition coefficient (Wildman–Crippen LogP) is 5.20. The Morgan fingerprint density at radius 2 is 1.94 bits per heavy atom. The predicted molar refractivity (Wildman–Crippen MR) is 124 cm³/mol. The van der Waals surface area contributed by atoms with E-state index in [-0.39, 0.29) is 11.7 Å². The van der Waals surface area contributed by atoms with Gasteiger partial charge in [-0.25, -0.2) is 15.0 Å². The largest absolute Gasteiger partial charge is 0.508 e. The molecule has 1 aromatic carbocycles. The number of nitrogens with zero attached hydrogens (tertiary/aromatic N) is 3. The molecule has 162 valence electrons. The minimum atomic E-state index is -0.520. The number of aromatic hydroxyl groups is 1. The van der Waals surface area contributed by atoms with Gasteiger partial charge in [-0.3, -0.25) is 4.79 Å². The van der Waals surface area contributed by atoms with E-state index in [1.165, 1.54) is 18.3 Å². The molecule has 0 saturated carbocycles. The molecule has 0 amide bonds. The van der Waals surface area contributed by atoms with Crippen molar-refractivity contribution in [2.24, 2.45) is 0 Å². The fraction of sp³-hybridized carbons (Fsp3) is 0.167. The highest BCUT2D eigenvalue weighted by Gasteiger charge is 2.20. The topological polar surface area (TPSA) is 97.2 Å². The zero-order valence-electron chi connectivity index (χ0n) is 17.6. The van der Waals surface area contributed by atoms with Gasteiger partial charge in [0.1, 0.15) is 22.4 Å². The molecule has 0 spiro atoms. The molecule has 7 nitrogen and oxygen atoms in total. The molecule has 0 aliphatic heterocycles. The van der Waals surface area contributed by atoms with Crippen LogP contribution in [0.3, 0.4) is 0 Å². The highest BCUT2D eigenvalue weighted by Crippen LogP contribution is 2.32. The van der Waals surface area contributed by atoms with Gasteiger partial charge in [-0.15, -0.1) is 11.3 Å². The Labute approximate surface area is 189 Å². The number of phenolic OH excluding ortho intramolecular Hbond substituents is 1. The summed E-state index contributed by atoms with van der Waals surface area (Å²) in [5, 5.41) is 13.4. The molecule has 8 heteroatoms. The Morgan fingerprint density at radius 3 is 2.69 bits per heavy atom. The number of ether oxygens (including phenoxy) is 1. The SMILES string of the molecule is CC(=O)OC(Cc1ccc(O)cc1)c1ncc(-c2cccc(Nc3cc(C)ccn3)n2)s1. The van der Waals surface area contributed by atoms with Gasteiger partial charge >= 0.3 is 5.97 Å². The van der Waals surface area contributed by atoms with Gasteiger partial charge in [0, 0.05) is 25.7 Å². The number of benzene rings is 1. The maximum atomic E-state index is 11.7. The summed E-state index contributed by atoms with van der Waals surface area (Å²) in [6.45, 7) is 3.39. The number of carbonyl (C=O) groups is 1. The van der Waals surface area contributed by atoms with Crippen LogP contribution >= 0.6 is 11.3 Å². The molecule has 0 aliphatic rings. The van der Waals surface area contributed by atoms with Gasteiger partial charge in [-0.2, -0.15) is 0 Å². The number of carbonyl (C=O) groups excluding carboxylic acids is 1. The van der Waals surface area contributed by atoms with Crippen molar-refractivity contribution in [2.75, 3.05) is 5.32 Å². The lowest BCUT2D eigenvalue weighted by Crippen LogP contribution is -2.11. The monoisotopic (exact) mass is 446 g/mol. The van der Waals surface area contributed by atoms with Crippen LogP contribution in [0.4, 0.5) is 11.6 Å². The zero-order chi connectivity index (χ0) is 22.5. The smallest absolute Gasteiger partial charge is 0.303 e. The quantitative estimate of drug-likeness (QED) is 0.376. The summed E-state index contributed by atoms with van der Waals surface area (Å²) in [6, 6.07) is 16.4. The van der Waals surface area contributed by atoms with Gasteiger partial charge in [-0.05, 0) is 54.4 Å². The highest BCUT2D eigenvalue weighted by atomic mass is 32.1. The lowest BCUT2D eigenvalue weighted by Gasteiger charge is -2.14. The molecule has 0 saturated heterocycles. The molecular formula is C24H22N4O3S. The van der Waals surface area contributed by atoms with Crippen molar-refractivity contribution in [1.82, 2.24) is 15.0 Å². The minimum Gasteiger partial charge on any atom is -0.508 e. The normalized spacial score (nSPS) is 11.7. The van der Waals surface area contributed by atoms with Gasteiger partial charge in [0.2, 0.25) is 0 Å². The average molecular weight is 447 g/mol. The van der Waals surface area contributed by atoms with E-state index >= 15 is 0 Å². The summed E-state index contributed by atoms with van der Waals surface area (Å²) in [4.78, 5) is 26.0. The van der Waals surface area contributed by atoms with Crippen molar-refractivity contribution in [2.45, 2.75) is 26.4 Å². The van der Waals surface area contributed by atoms with Gasteiger partial charge < -0.3 is 15.2 Å². The molecule has 0 bridgehead atoms. The number of pyridine rings is 2. The highest BCUT2D eigenvalue weighted by molar-refractivity contribution is 7.15. The number of rotatable bonds is 7. The Bertz CT molecular complexity index is 1220. The van der Waals surface area contributed by atoms with Gasteiger partial charge in [-0.1, -0.05) is 18.2 Å². The van der Waals surface area contributed by atoms with Crippen molar-refractivity contribution in [1.29, 1.82) is 0 Å². The number of hydrogen-bond acceptors (Lipinski definition) is 8. The number of aromatic nitrogens is 3. The summed E-state index contributed by atoms with van der Waals surface area (Å²) >= 11 is 1.43. The van der Waals surface area contributed by atoms with Gasteiger partial charge in [0.15, 0.2) is 6.10 Å². The summed E-state index contributed by atoms with van der Waals surface area (Å²) in [6.07, 6.45) is 3.43. The third kappa shape index (κ3) is 5.47. The lowest BCUT2D eigenvalue weighted by atomic mass is 10.1. The molecule has 32 heavy (non-hydrogen) atoms. The molecule has 1 atom stereocenters. The molecular weight excluding hydrogens is 424 g/mol. The number of phenols is 1. The van der Waals surface area contributed by atoms with Crippen LogP contribution in [0, 0.1) is 6.92 Å². The van der Waals surface area contributed by atoms with Crippen LogP contribution in [0.15, 0.2) is 67.0 Å². The van der Waals surface area contributed by atoms with Crippen LogP contribution in [0.5, 0.6) is 5.75 Å². The Kier molecular flexibility index (Phi) is 6.42. The van der Waals surface area contributed by atoms with Gasteiger partial charge in [0.05, 0.1) is 10.6 Å². The van der Waals surface area contributed by atoms with E-state index in [4.69, 9.17) is 4.74 Å². The summed E-state index contributed by atoms with van der Waals surface area (Å²) in [5.41, 5.74) is 2.80. The molecule has 3 heterocycles. The number of aryl methyl sites for hydroxylation is 1. The number of nitrogens with one attached hydrogen (secondary N) is 1. The molecule has 3 aromatic heterocycles. The third-order valence-corrected chi connectivity index (χ3v) is 5.75. The van der Waals surface area contributed by atoms with E-state index in [9.17, 15) is 9.90 Å². The molecule has 4 aromatic rings.